The number of hydrogen-bond acceptors (Lipinski definition) is 6. The van der Waals surface area contributed by atoms with Crippen molar-refractivity contribution in [3.05, 3.63) is 54.4 Å². The molecule has 0 saturated carbocycles. The highest BCUT2D eigenvalue weighted by Gasteiger charge is 2.27. The predicted molar refractivity (Wildman–Crippen MR) is 123 cm³/mol. The topological polar surface area (TPSA) is 94.7 Å². The molecule has 8 nitrogen and oxygen atoms in total. The highest BCUT2D eigenvalue weighted by atomic mass is 16.5. The number of rotatable bonds is 7. The van der Waals surface area contributed by atoms with Crippen LogP contribution in [0.15, 0.2) is 48.8 Å². The van der Waals surface area contributed by atoms with Crippen LogP contribution in [0.2, 0.25) is 0 Å². The van der Waals surface area contributed by atoms with Crippen LogP contribution in [0.1, 0.15) is 18.4 Å². The molecule has 2 aliphatic heterocycles. The number of methoxy groups -OCH3 is 1. The van der Waals surface area contributed by atoms with E-state index in [0.29, 0.717) is 31.1 Å². The number of fused-ring (bicyclic) bond motifs is 1. The number of nitrogens with zero attached hydrogens (tertiary/aromatic N) is 1. The molecule has 0 bridgehead atoms. The first kappa shape index (κ1) is 21.3. The van der Waals surface area contributed by atoms with Crippen molar-refractivity contribution in [1.29, 1.82) is 0 Å². The fraction of sp³-hybridized carbons (Fsp3) is 0.360. The summed E-state index contributed by atoms with van der Waals surface area (Å²) in [4.78, 5) is 13.1. The second-order valence-electron chi connectivity index (χ2n) is 8.32. The van der Waals surface area contributed by atoms with Crippen molar-refractivity contribution in [3.63, 3.8) is 0 Å². The first-order chi connectivity index (χ1) is 16.2. The van der Waals surface area contributed by atoms with Crippen LogP contribution in [-0.2, 0) is 16.0 Å². The molecule has 172 valence electrons. The smallest absolute Gasteiger partial charge is 0.231 e. The number of anilines is 1. The number of nitrogens with one attached hydrogen (secondary N) is 2. The Morgan fingerprint density at radius 3 is 2.97 bits per heavy atom. The van der Waals surface area contributed by atoms with Crippen molar-refractivity contribution >= 4 is 11.6 Å². The van der Waals surface area contributed by atoms with Crippen molar-refractivity contribution in [1.82, 2.24) is 10.2 Å². The van der Waals surface area contributed by atoms with Crippen molar-refractivity contribution in [2.75, 3.05) is 32.2 Å². The molecule has 2 atom stereocenters. The Balaban J connectivity index is 1.33. The van der Waals surface area contributed by atoms with Gasteiger partial charge in [0.2, 0.25) is 5.91 Å². The molecule has 1 amide bonds. The summed E-state index contributed by atoms with van der Waals surface area (Å²) in [6.07, 6.45) is 6.25. The maximum Gasteiger partial charge on any atom is 0.231 e. The molecule has 0 radical (unpaired) electrons. The third-order valence-corrected chi connectivity index (χ3v) is 6.06. The number of hydrogen-bond donors (Lipinski definition) is 2. The summed E-state index contributed by atoms with van der Waals surface area (Å²) in [7, 11) is 1.63. The van der Waals surface area contributed by atoms with Crippen molar-refractivity contribution in [2.45, 2.75) is 25.4 Å². The summed E-state index contributed by atoms with van der Waals surface area (Å²) in [5.41, 5.74) is 3.49. The molecule has 1 fully saturated rings. The van der Waals surface area contributed by atoms with E-state index < -0.39 is 0 Å². The second-order valence-corrected chi connectivity index (χ2v) is 8.32. The molecule has 0 spiro atoms. The molecule has 3 heterocycles. The van der Waals surface area contributed by atoms with E-state index in [1.165, 1.54) is 0 Å². The fourth-order valence-corrected chi connectivity index (χ4v) is 4.19. The average molecular weight is 450 g/mol. The van der Waals surface area contributed by atoms with Gasteiger partial charge in [0, 0.05) is 18.4 Å². The zero-order valence-electron chi connectivity index (χ0n) is 18.5. The summed E-state index contributed by atoms with van der Waals surface area (Å²) >= 11 is 0. The van der Waals surface area contributed by atoms with E-state index in [1.807, 2.05) is 42.6 Å². The third kappa shape index (κ3) is 4.80. The molecule has 33 heavy (non-hydrogen) atoms. The van der Waals surface area contributed by atoms with Crippen LogP contribution in [-0.4, -0.2) is 49.1 Å². The molecule has 2 N–H and O–H groups in total. The van der Waals surface area contributed by atoms with Gasteiger partial charge in [-0.3, -0.25) is 9.89 Å². The van der Waals surface area contributed by atoms with Gasteiger partial charge in [-0.25, -0.2) is 0 Å². The SMILES string of the molecule is COc1ccc2c(c1)C[C@@H](C(=O)Nc1ccc(-c3cn[nH]c3)cc1OC[C@H]1CCCO1)CO2. The molecule has 0 unspecified atom stereocenters. The first-order valence-corrected chi connectivity index (χ1v) is 11.2. The molecule has 5 rings (SSSR count). The van der Waals surface area contributed by atoms with Crippen molar-refractivity contribution in [2.24, 2.45) is 5.92 Å². The quantitative estimate of drug-likeness (QED) is 0.569. The number of benzene rings is 2. The molecule has 2 aromatic carbocycles. The lowest BCUT2D eigenvalue weighted by atomic mass is 9.95. The van der Waals surface area contributed by atoms with Gasteiger partial charge < -0.3 is 24.3 Å². The van der Waals surface area contributed by atoms with E-state index in [1.54, 1.807) is 13.3 Å². The first-order valence-electron chi connectivity index (χ1n) is 11.2. The molecule has 0 aliphatic carbocycles. The Labute approximate surface area is 192 Å². The average Bonchev–Trinajstić information content (AvgIpc) is 3.57. The Kier molecular flexibility index (Phi) is 6.17. The number of ether oxygens (including phenoxy) is 4. The highest BCUT2D eigenvalue weighted by molar-refractivity contribution is 5.95. The summed E-state index contributed by atoms with van der Waals surface area (Å²) in [5.74, 6) is 1.73. The van der Waals surface area contributed by atoms with Crippen LogP contribution in [0.4, 0.5) is 5.69 Å². The molecular formula is C25H27N3O5. The van der Waals surface area contributed by atoms with Gasteiger partial charge in [-0.15, -0.1) is 0 Å². The molecule has 3 aromatic rings. The number of amides is 1. The molecule has 1 aromatic heterocycles. The van der Waals surface area contributed by atoms with E-state index in [-0.39, 0.29) is 17.9 Å². The van der Waals surface area contributed by atoms with Gasteiger partial charge >= 0.3 is 0 Å². The standard InChI is InChI=1S/C25H27N3O5/c1-30-20-5-7-23-17(10-20)9-18(14-32-23)25(29)28-22-6-4-16(19-12-26-27-13-19)11-24(22)33-15-21-3-2-8-31-21/h4-7,10-13,18,21H,2-3,8-9,14-15H2,1H3,(H,26,27)(H,28,29)/t18-,21-/m1/s1. The lowest BCUT2D eigenvalue weighted by molar-refractivity contribution is -0.121. The third-order valence-electron chi connectivity index (χ3n) is 6.06. The number of H-pyrrole nitrogens is 1. The van der Waals surface area contributed by atoms with Gasteiger partial charge in [0.15, 0.2) is 0 Å². The van der Waals surface area contributed by atoms with Gasteiger partial charge in [0.25, 0.3) is 0 Å². The van der Waals surface area contributed by atoms with Crippen LogP contribution in [0, 0.1) is 5.92 Å². The molecular weight excluding hydrogens is 422 g/mol. The Morgan fingerprint density at radius 1 is 1.24 bits per heavy atom. The van der Waals surface area contributed by atoms with E-state index >= 15 is 0 Å². The van der Waals surface area contributed by atoms with E-state index in [9.17, 15) is 4.79 Å². The normalized spacial score (nSPS) is 19.4. The number of aromatic nitrogens is 2. The second kappa shape index (κ2) is 9.54. The maximum absolute atomic E-state index is 13.1. The monoisotopic (exact) mass is 449 g/mol. The zero-order chi connectivity index (χ0) is 22.6. The van der Waals surface area contributed by atoms with Gasteiger partial charge in [0.05, 0.1) is 31.0 Å². The van der Waals surface area contributed by atoms with Crippen LogP contribution in [0.3, 0.4) is 0 Å². The van der Waals surface area contributed by atoms with Gasteiger partial charge in [-0.1, -0.05) is 6.07 Å². The Bertz CT molecular complexity index is 1110. The summed E-state index contributed by atoms with van der Waals surface area (Å²) in [6.45, 7) is 1.53. The zero-order valence-corrected chi connectivity index (χ0v) is 18.5. The molecule has 2 aliphatic rings. The number of carbonyl (C=O) groups excluding carboxylic acids is 1. The predicted octanol–water partition coefficient (Wildman–Crippen LogP) is 3.83. The van der Waals surface area contributed by atoms with Crippen LogP contribution < -0.4 is 19.5 Å². The van der Waals surface area contributed by atoms with E-state index in [2.05, 4.69) is 15.5 Å². The van der Waals surface area contributed by atoms with E-state index in [0.717, 1.165) is 47.6 Å². The fourth-order valence-electron chi connectivity index (χ4n) is 4.19. The highest BCUT2D eigenvalue weighted by Crippen LogP contribution is 2.34. The van der Waals surface area contributed by atoms with Gasteiger partial charge in [0.1, 0.15) is 30.5 Å². The number of aromatic amines is 1. The van der Waals surface area contributed by atoms with Crippen LogP contribution in [0.5, 0.6) is 17.2 Å². The van der Waals surface area contributed by atoms with Crippen molar-refractivity contribution < 1.29 is 23.7 Å². The maximum atomic E-state index is 13.1. The summed E-state index contributed by atoms with van der Waals surface area (Å²) < 4.78 is 22.9. The minimum Gasteiger partial charge on any atom is -0.497 e. The van der Waals surface area contributed by atoms with Gasteiger partial charge in [-0.05, 0) is 60.7 Å². The number of carbonyl (C=O) groups is 1. The van der Waals surface area contributed by atoms with Crippen LogP contribution in [0.25, 0.3) is 11.1 Å². The lowest BCUT2D eigenvalue weighted by Gasteiger charge is -2.25. The molecule has 8 heteroatoms. The minimum atomic E-state index is -0.316. The lowest BCUT2D eigenvalue weighted by Crippen LogP contribution is -2.32. The molecule has 1 saturated heterocycles. The van der Waals surface area contributed by atoms with Crippen molar-refractivity contribution in [3.8, 4) is 28.4 Å². The largest absolute Gasteiger partial charge is 0.497 e. The summed E-state index contributed by atoms with van der Waals surface area (Å²) in [5, 5.41) is 9.90. The van der Waals surface area contributed by atoms with Crippen LogP contribution >= 0.6 is 0 Å². The Morgan fingerprint density at radius 2 is 2.18 bits per heavy atom. The van der Waals surface area contributed by atoms with Gasteiger partial charge in [-0.2, -0.15) is 5.10 Å². The summed E-state index contributed by atoms with van der Waals surface area (Å²) in [6, 6.07) is 11.4. The minimum absolute atomic E-state index is 0.0735. The van der Waals surface area contributed by atoms with E-state index in [4.69, 9.17) is 18.9 Å². The Hall–Kier alpha value is -3.52.